The molecule has 28 heavy (non-hydrogen) atoms. The second-order valence-electron chi connectivity index (χ2n) is 6.58. The van der Waals surface area contributed by atoms with Crippen LogP contribution in [0.1, 0.15) is 12.0 Å². The highest BCUT2D eigenvalue weighted by Crippen LogP contribution is 2.24. The number of halogens is 1. The molecule has 0 radical (unpaired) electrons. The molecule has 1 aliphatic rings. The minimum absolute atomic E-state index is 0.0290. The molecule has 1 aromatic carbocycles. The Bertz CT molecular complexity index is 1050. The van der Waals surface area contributed by atoms with E-state index in [-0.39, 0.29) is 24.8 Å². The summed E-state index contributed by atoms with van der Waals surface area (Å²) in [5, 5.41) is 10.5. The van der Waals surface area contributed by atoms with Gasteiger partial charge >= 0.3 is 0 Å². The number of nitrogens with one attached hydrogen (secondary N) is 2. The molecule has 0 saturated carbocycles. The van der Waals surface area contributed by atoms with Gasteiger partial charge in [-0.3, -0.25) is 19.9 Å². The van der Waals surface area contributed by atoms with Crippen molar-refractivity contribution in [1.29, 1.82) is 0 Å². The maximum absolute atomic E-state index is 12.4. The minimum Gasteiger partial charge on any atom is -0.326 e. The number of nitrogens with zero attached hydrogens (tertiary/aromatic N) is 4. The van der Waals surface area contributed by atoms with Gasteiger partial charge in [-0.1, -0.05) is 17.7 Å². The fraction of sp³-hybridized carbons (Fsp3) is 0.211. The van der Waals surface area contributed by atoms with E-state index in [0.29, 0.717) is 22.5 Å². The van der Waals surface area contributed by atoms with Crippen LogP contribution in [-0.4, -0.2) is 31.6 Å². The number of carbonyl (C=O) groups is 2. The van der Waals surface area contributed by atoms with Crippen LogP contribution in [0.15, 0.2) is 42.7 Å². The quantitative estimate of drug-likeness (QED) is 0.706. The maximum atomic E-state index is 12.4. The molecule has 2 aromatic heterocycles. The lowest BCUT2D eigenvalue weighted by molar-refractivity contribution is -0.125. The number of aryl methyl sites for hydroxylation is 1. The number of aromatic nitrogens is 4. The summed E-state index contributed by atoms with van der Waals surface area (Å²) in [4.78, 5) is 33.1. The molecule has 1 unspecified atom stereocenters. The summed E-state index contributed by atoms with van der Waals surface area (Å²) in [7, 11) is 0. The normalized spacial score (nSPS) is 15.6. The van der Waals surface area contributed by atoms with E-state index in [1.165, 1.54) is 0 Å². The Kier molecular flexibility index (Phi) is 4.79. The summed E-state index contributed by atoms with van der Waals surface area (Å²) >= 11 is 6.08. The molecule has 0 bridgehead atoms. The summed E-state index contributed by atoms with van der Waals surface area (Å²) in [6.07, 6.45) is 3.33. The number of fused-ring (bicyclic) bond motifs is 1. The maximum Gasteiger partial charge on any atom is 0.232 e. The molecular formula is C19H17ClN6O2. The Hall–Kier alpha value is -3.26. The molecule has 3 heterocycles. The third-order valence-electron chi connectivity index (χ3n) is 4.50. The third-order valence-corrected chi connectivity index (χ3v) is 4.90. The zero-order chi connectivity index (χ0) is 19.7. The smallest absolute Gasteiger partial charge is 0.232 e. The summed E-state index contributed by atoms with van der Waals surface area (Å²) in [5.41, 5.74) is 2.32. The lowest BCUT2D eigenvalue weighted by Crippen LogP contribution is -2.36. The van der Waals surface area contributed by atoms with Crippen LogP contribution in [0.3, 0.4) is 0 Å². The van der Waals surface area contributed by atoms with Gasteiger partial charge in [-0.15, -0.1) is 5.10 Å². The van der Waals surface area contributed by atoms with Crippen LogP contribution in [0.2, 0.25) is 5.02 Å². The highest BCUT2D eigenvalue weighted by atomic mass is 35.5. The molecule has 1 aliphatic heterocycles. The predicted octanol–water partition coefficient (Wildman–Crippen LogP) is 2.90. The van der Waals surface area contributed by atoms with Crippen LogP contribution in [0.4, 0.5) is 11.6 Å². The molecule has 0 aliphatic carbocycles. The van der Waals surface area contributed by atoms with Gasteiger partial charge in [0.15, 0.2) is 5.82 Å². The number of rotatable bonds is 4. The molecule has 8 nitrogen and oxygen atoms in total. The molecule has 0 spiro atoms. The van der Waals surface area contributed by atoms with Gasteiger partial charge in [-0.25, -0.2) is 4.68 Å². The van der Waals surface area contributed by atoms with E-state index in [2.05, 4.69) is 25.7 Å². The first kappa shape index (κ1) is 18.1. The number of hydrogen-bond donors (Lipinski definition) is 2. The van der Waals surface area contributed by atoms with Gasteiger partial charge in [0.1, 0.15) is 0 Å². The van der Waals surface area contributed by atoms with Gasteiger partial charge in [-0.05, 0) is 36.8 Å². The van der Waals surface area contributed by atoms with E-state index in [9.17, 15) is 9.59 Å². The first-order valence-electron chi connectivity index (χ1n) is 8.72. The molecule has 9 heteroatoms. The van der Waals surface area contributed by atoms with E-state index in [1.807, 2.05) is 13.0 Å². The van der Waals surface area contributed by atoms with Crippen molar-refractivity contribution in [3.05, 3.63) is 53.3 Å². The standard InChI is InChI=1S/C19H17ClN6O2/c1-11-2-3-14(9-15(11)20)22-16(27)8-13-10-26-19(24-18(13)28)23-17(25-26)12-4-6-21-7-5-12/h2-7,9,13H,8,10H2,1H3,(H,22,27)(H,23,24,25,28). The van der Waals surface area contributed by atoms with Crippen molar-refractivity contribution in [1.82, 2.24) is 19.7 Å². The van der Waals surface area contributed by atoms with E-state index >= 15 is 0 Å². The summed E-state index contributed by atoms with van der Waals surface area (Å²) in [6, 6.07) is 8.87. The number of carbonyl (C=O) groups excluding carboxylic acids is 2. The molecule has 3 aromatic rings. The Morgan fingerprint density at radius 2 is 2.11 bits per heavy atom. The Balaban J connectivity index is 1.45. The Morgan fingerprint density at radius 3 is 2.86 bits per heavy atom. The predicted molar refractivity (Wildman–Crippen MR) is 105 cm³/mol. The number of anilines is 2. The molecule has 4 rings (SSSR count). The lowest BCUT2D eigenvalue weighted by Gasteiger charge is -2.21. The van der Waals surface area contributed by atoms with Crippen LogP contribution in [0, 0.1) is 12.8 Å². The van der Waals surface area contributed by atoms with E-state index in [0.717, 1.165) is 11.1 Å². The third kappa shape index (κ3) is 3.72. The SMILES string of the molecule is Cc1ccc(NC(=O)CC2Cn3nc(-c4ccncc4)nc3NC2=O)cc1Cl. The van der Waals surface area contributed by atoms with Crippen molar-refractivity contribution in [2.24, 2.45) is 5.92 Å². The van der Waals surface area contributed by atoms with Gasteiger partial charge in [0.25, 0.3) is 0 Å². The van der Waals surface area contributed by atoms with E-state index < -0.39 is 5.92 Å². The van der Waals surface area contributed by atoms with Crippen LogP contribution < -0.4 is 10.6 Å². The molecule has 0 saturated heterocycles. The zero-order valence-corrected chi connectivity index (χ0v) is 15.8. The molecule has 2 N–H and O–H groups in total. The van der Waals surface area contributed by atoms with Crippen molar-refractivity contribution < 1.29 is 9.59 Å². The first-order chi connectivity index (χ1) is 13.5. The molecular weight excluding hydrogens is 380 g/mol. The first-order valence-corrected chi connectivity index (χ1v) is 9.09. The number of pyridine rings is 1. The molecule has 2 amide bonds. The van der Waals surface area contributed by atoms with Crippen molar-refractivity contribution >= 4 is 35.1 Å². The second-order valence-corrected chi connectivity index (χ2v) is 6.99. The summed E-state index contributed by atoms with van der Waals surface area (Å²) in [5.74, 6) is -0.187. The monoisotopic (exact) mass is 396 g/mol. The molecule has 1 atom stereocenters. The summed E-state index contributed by atoms with van der Waals surface area (Å²) < 4.78 is 1.61. The average Bonchev–Trinajstić information content (AvgIpc) is 3.08. The average molecular weight is 397 g/mol. The highest BCUT2D eigenvalue weighted by molar-refractivity contribution is 6.31. The lowest BCUT2D eigenvalue weighted by atomic mass is 10.0. The molecule has 0 fully saturated rings. The van der Waals surface area contributed by atoms with Gasteiger partial charge < -0.3 is 5.32 Å². The van der Waals surface area contributed by atoms with Crippen LogP contribution in [-0.2, 0) is 16.1 Å². The van der Waals surface area contributed by atoms with Crippen LogP contribution >= 0.6 is 11.6 Å². The van der Waals surface area contributed by atoms with Crippen LogP contribution in [0.5, 0.6) is 0 Å². The second kappa shape index (κ2) is 7.40. The topological polar surface area (TPSA) is 102 Å². The fourth-order valence-electron chi connectivity index (χ4n) is 2.95. The number of hydrogen-bond acceptors (Lipinski definition) is 5. The number of amides is 2. The van der Waals surface area contributed by atoms with Crippen molar-refractivity contribution in [3.63, 3.8) is 0 Å². The number of benzene rings is 1. The Labute approximate surface area is 166 Å². The van der Waals surface area contributed by atoms with Crippen molar-refractivity contribution in [2.75, 3.05) is 10.6 Å². The minimum atomic E-state index is -0.541. The zero-order valence-electron chi connectivity index (χ0n) is 15.0. The van der Waals surface area contributed by atoms with Gasteiger partial charge in [0.2, 0.25) is 17.8 Å². The van der Waals surface area contributed by atoms with E-state index in [4.69, 9.17) is 11.6 Å². The van der Waals surface area contributed by atoms with Gasteiger partial charge in [-0.2, -0.15) is 4.98 Å². The largest absolute Gasteiger partial charge is 0.326 e. The molecule has 142 valence electrons. The highest BCUT2D eigenvalue weighted by Gasteiger charge is 2.30. The van der Waals surface area contributed by atoms with Gasteiger partial charge in [0.05, 0.1) is 12.5 Å². The van der Waals surface area contributed by atoms with Gasteiger partial charge in [0, 0.05) is 35.1 Å². The Morgan fingerprint density at radius 1 is 1.32 bits per heavy atom. The summed E-state index contributed by atoms with van der Waals surface area (Å²) in [6.45, 7) is 2.16. The van der Waals surface area contributed by atoms with Crippen molar-refractivity contribution in [2.45, 2.75) is 19.9 Å². The van der Waals surface area contributed by atoms with Crippen LogP contribution in [0.25, 0.3) is 11.4 Å². The van der Waals surface area contributed by atoms with Crippen molar-refractivity contribution in [3.8, 4) is 11.4 Å². The fourth-order valence-corrected chi connectivity index (χ4v) is 3.13. The van der Waals surface area contributed by atoms with E-state index in [1.54, 1.807) is 41.3 Å².